The molecule has 1 atom stereocenters. The van der Waals surface area contributed by atoms with Gasteiger partial charge in [-0.05, 0) is 43.9 Å². The van der Waals surface area contributed by atoms with Gasteiger partial charge in [0.05, 0.1) is 0 Å². The van der Waals surface area contributed by atoms with Crippen molar-refractivity contribution in [2.75, 3.05) is 0 Å². The summed E-state index contributed by atoms with van der Waals surface area (Å²) in [7, 11) is 0. The standard InChI is InChI=1S/C14H15Cl2NO3/c1-8(6-9-2-3-10(15)7-11(9)16)17-12(18)14(4-5-14)13(19)20/h2-3,7-8H,4-6H2,1H3,(H,17,18)(H,19,20). The second-order valence-electron chi connectivity index (χ2n) is 5.20. The van der Waals surface area contributed by atoms with Gasteiger partial charge in [0, 0.05) is 16.1 Å². The first kappa shape index (κ1) is 15.1. The van der Waals surface area contributed by atoms with E-state index in [0.717, 1.165) is 5.56 Å². The van der Waals surface area contributed by atoms with E-state index in [0.29, 0.717) is 29.3 Å². The zero-order valence-electron chi connectivity index (χ0n) is 11.0. The van der Waals surface area contributed by atoms with Gasteiger partial charge in [-0.15, -0.1) is 0 Å². The molecule has 6 heteroatoms. The fourth-order valence-corrected chi connectivity index (χ4v) is 2.58. The molecule has 0 bridgehead atoms. The third-order valence-corrected chi connectivity index (χ3v) is 4.10. The van der Waals surface area contributed by atoms with E-state index in [1.54, 1.807) is 18.2 Å². The average Bonchev–Trinajstić information content (AvgIpc) is 3.14. The van der Waals surface area contributed by atoms with Crippen molar-refractivity contribution in [1.82, 2.24) is 5.32 Å². The van der Waals surface area contributed by atoms with Gasteiger partial charge in [-0.3, -0.25) is 9.59 Å². The third kappa shape index (κ3) is 3.07. The van der Waals surface area contributed by atoms with E-state index >= 15 is 0 Å². The minimum Gasteiger partial charge on any atom is -0.480 e. The van der Waals surface area contributed by atoms with Crippen molar-refractivity contribution in [3.8, 4) is 0 Å². The number of halogens is 2. The maximum Gasteiger partial charge on any atom is 0.319 e. The van der Waals surface area contributed by atoms with E-state index in [-0.39, 0.29) is 6.04 Å². The van der Waals surface area contributed by atoms with Gasteiger partial charge in [0.25, 0.3) is 0 Å². The quantitative estimate of drug-likeness (QED) is 0.821. The molecule has 0 spiro atoms. The number of amides is 1. The van der Waals surface area contributed by atoms with E-state index in [1.165, 1.54) is 0 Å². The second kappa shape index (κ2) is 5.62. The number of carboxylic acid groups (broad SMARTS) is 1. The van der Waals surface area contributed by atoms with E-state index in [4.69, 9.17) is 28.3 Å². The van der Waals surface area contributed by atoms with Crippen LogP contribution in [0.4, 0.5) is 0 Å². The molecule has 0 radical (unpaired) electrons. The van der Waals surface area contributed by atoms with Crippen LogP contribution in [0.1, 0.15) is 25.3 Å². The lowest BCUT2D eigenvalue weighted by atomic mass is 10.0. The van der Waals surface area contributed by atoms with E-state index in [2.05, 4.69) is 5.32 Å². The number of hydrogen-bond acceptors (Lipinski definition) is 2. The highest BCUT2D eigenvalue weighted by atomic mass is 35.5. The molecule has 2 N–H and O–H groups in total. The van der Waals surface area contributed by atoms with Crippen LogP contribution >= 0.6 is 23.2 Å². The normalized spacial score (nSPS) is 17.4. The monoisotopic (exact) mass is 315 g/mol. The third-order valence-electron chi connectivity index (χ3n) is 3.51. The second-order valence-corrected chi connectivity index (χ2v) is 6.05. The molecule has 0 aromatic heterocycles. The topological polar surface area (TPSA) is 66.4 Å². The highest BCUT2D eigenvalue weighted by molar-refractivity contribution is 6.35. The summed E-state index contributed by atoms with van der Waals surface area (Å²) in [6.07, 6.45) is 1.34. The summed E-state index contributed by atoms with van der Waals surface area (Å²) in [5.74, 6) is -1.46. The number of aliphatic carboxylic acids is 1. The molecule has 1 aromatic rings. The Bertz CT molecular complexity index is 555. The zero-order chi connectivity index (χ0) is 14.9. The Kier molecular flexibility index (Phi) is 4.25. The molecule has 0 aliphatic heterocycles. The molecular weight excluding hydrogens is 301 g/mol. The molecule has 108 valence electrons. The lowest BCUT2D eigenvalue weighted by Gasteiger charge is -2.17. The highest BCUT2D eigenvalue weighted by Gasteiger charge is 2.57. The molecule has 1 aliphatic carbocycles. The minimum absolute atomic E-state index is 0.196. The predicted octanol–water partition coefficient (Wildman–Crippen LogP) is 2.91. The predicted molar refractivity (Wildman–Crippen MR) is 77.1 cm³/mol. The fourth-order valence-electron chi connectivity index (χ4n) is 2.09. The van der Waals surface area contributed by atoms with E-state index in [1.807, 2.05) is 6.92 Å². The minimum atomic E-state index is -1.21. The summed E-state index contributed by atoms with van der Waals surface area (Å²) in [6, 6.07) is 4.99. The van der Waals surface area contributed by atoms with Crippen LogP contribution in [-0.2, 0) is 16.0 Å². The van der Waals surface area contributed by atoms with Gasteiger partial charge < -0.3 is 10.4 Å². The van der Waals surface area contributed by atoms with Crippen molar-refractivity contribution in [2.24, 2.45) is 5.41 Å². The van der Waals surface area contributed by atoms with E-state index < -0.39 is 17.3 Å². The fraction of sp³-hybridized carbons (Fsp3) is 0.429. The van der Waals surface area contributed by atoms with Crippen LogP contribution in [0.15, 0.2) is 18.2 Å². The zero-order valence-corrected chi connectivity index (χ0v) is 12.5. The summed E-state index contributed by atoms with van der Waals surface area (Å²) in [4.78, 5) is 23.0. The molecule has 4 nitrogen and oxygen atoms in total. The molecule has 1 aliphatic rings. The Morgan fingerprint density at radius 1 is 1.40 bits per heavy atom. The highest BCUT2D eigenvalue weighted by Crippen LogP contribution is 2.46. The number of rotatable bonds is 5. The van der Waals surface area contributed by atoms with Crippen molar-refractivity contribution < 1.29 is 14.7 Å². The molecule has 1 fully saturated rings. The SMILES string of the molecule is CC(Cc1ccc(Cl)cc1Cl)NC(=O)C1(C(=O)O)CC1. The molecule has 1 amide bonds. The summed E-state index contributed by atoms with van der Waals surface area (Å²) >= 11 is 11.9. The lowest BCUT2D eigenvalue weighted by molar-refractivity contribution is -0.149. The van der Waals surface area contributed by atoms with Gasteiger partial charge in [0.1, 0.15) is 5.41 Å². The molecule has 0 heterocycles. The van der Waals surface area contributed by atoms with Gasteiger partial charge in [0.2, 0.25) is 5.91 Å². The number of nitrogens with one attached hydrogen (secondary N) is 1. The first-order valence-corrected chi connectivity index (χ1v) is 7.09. The molecule has 20 heavy (non-hydrogen) atoms. The van der Waals surface area contributed by atoms with Gasteiger partial charge in [-0.2, -0.15) is 0 Å². The molecule has 2 rings (SSSR count). The molecule has 1 saturated carbocycles. The number of benzene rings is 1. The number of hydrogen-bond donors (Lipinski definition) is 2. The van der Waals surface area contributed by atoms with E-state index in [9.17, 15) is 9.59 Å². The van der Waals surface area contributed by atoms with Crippen molar-refractivity contribution >= 4 is 35.1 Å². The van der Waals surface area contributed by atoms with Crippen molar-refractivity contribution in [3.05, 3.63) is 33.8 Å². The Labute approximate surface area is 127 Å². The largest absolute Gasteiger partial charge is 0.480 e. The average molecular weight is 316 g/mol. The van der Waals surface area contributed by atoms with Gasteiger partial charge in [-0.1, -0.05) is 29.3 Å². The molecule has 1 unspecified atom stereocenters. The summed E-state index contributed by atoms with van der Waals surface area (Å²) in [5, 5.41) is 12.9. The van der Waals surface area contributed by atoms with Crippen molar-refractivity contribution in [2.45, 2.75) is 32.2 Å². The summed E-state index contributed by atoms with van der Waals surface area (Å²) < 4.78 is 0. The Hall–Kier alpha value is -1.26. The van der Waals surface area contributed by atoms with Gasteiger partial charge in [0.15, 0.2) is 0 Å². The number of carbonyl (C=O) groups is 2. The maximum atomic E-state index is 12.0. The van der Waals surface area contributed by atoms with Crippen LogP contribution in [0.25, 0.3) is 0 Å². The smallest absolute Gasteiger partial charge is 0.319 e. The van der Waals surface area contributed by atoms with Crippen LogP contribution in [-0.4, -0.2) is 23.0 Å². The van der Waals surface area contributed by atoms with Crippen LogP contribution in [0, 0.1) is 5.41 Å². The van der Waals surface area contributed by atoms with Crippen molar-refractivity contribution in [3.63, 3.8) is 0 Å². The van der Waals surface area contributed by atoms with Crippen LogP contribution in [0.5, 0.6) is 0 Å². The summed E-state index contributed by atoms with van der Waals surface area (Å²) in [5.41, 5.74) is -0.345. The Morgan fingerprint density at radius 3 is 2.55 bits per heavy atom. The number of carboxylic acids is 1. The molecule has 1 aromatic carbocycles. The Balaban J connectivity index is 1.97. The van der Waals surface area contributed by atoms with Crippen LogP contribution < -0.4 is 5.32 Å². The maximum absolute atomic E-state index is 12.0. The Morgan fingerprint density at radius 2 is 2.05 bits per heavy atom. The van der Waals surface area contributed by atoms with Crippen LogP contribution in [0.2, 0.25) is 10.0 Å². The van der Waals surface area contributed by atoms with Crippen molar-refractivity contribution in [1.29, 1.82) is 0 Å². The number of carbonyl (C=O) groups excluding carboxylic acids is 1. The first-order chi connectivity index (χ1) is 9.35. The summed E-state index contributed by atoms with van der Waals surface area (Å²) in [6.45, 7) is 1.82. The molecule has 0 saturated heterocycles. The van der Waals surface area contributed by atoms with Gasteiger partial charge in [-0.25, -0.2) is 0 Å². The van der Waals surface area contributed by atoms with Gasteiger partial charge >= 0.3 is 5.97 Å². The first-order valence-electron chi connectivity index (χ1n) is 6.33. The van der Waals surface area contributed by atoms with Crippen LogP contribution in [0.3, 0.4) is 0 Å². The lowest BCUT2D eigenvalue weighted by Crippen LogP contribution is -2.42. The molecular formula is C14H15Cl2NO3.